The SMILES string of the molecule is c1ccc(N2C[C@H]3C[C@@H]2CN3C2COC2)nc1. The van der Waals surface area contributed by atoms with Crippen molar-refractivity contribution < 1.29 is 4.74 Å². The Balaban J connectivity index is 1.50. The minimum absolute atomic E-state index is 0.662. The van der Waals surface area contributed by atoms with E-state index in [1.165, 1.54) is 13.0 Å². The highest BCUT2D eigenvalue weighted by Crippen LogP contribution is 2.35. The van der Waals surface area contributed by atoms with Crippen LogP contribution >= 0.6 is 0 Å². The minimum Gasteiger partial charge on any atom is -0.378 e. The van der Waals surface area contributed by atoms with Crippen LogP contribution in [0.15, 0.2) is 24.4 Å². The summed E-state index contributed by atoms with van der Waals surface area (Å²) in [6.45, 7) is 4.20. The number of hydrogen-bond acceptors (Lipinski definition) is 4. The molecular weight excluding hydrogens is 214 g/mol. The molecule has 4 rings (SSSR count). The molecule has 3 aliphatic heterocycles. The fourth-order valence-corrected chi connectivity index (χ4v) is 3.36. The van der Waals surface area contributed by atoms with Crippen molar-refractivity contribution in [2.45, 2.75) is 24.5 Å². The smallest absolute Gasteiger partial charge is 0.128 e. The molecule has 0 radical (unpaired) electrons. The summed E-state index contributed by atoms with van der Waals surface area (Å²) in [5, 5.41) is 0. The first kappa shape index (κ1) is 9.85. The highest BCUT2D eigenvalue weighted by atomic mass is 16.5. The van der Waals surface area contributed by atoms with Crippen LogP contribution in [-0.2, 0) is 4.74 Å². The van der Waals surface area contributed by atoms with E-state index >= 15 is 0 Å². The topological polar surface area (TPSA) is 28.6 Å². The standard InChI is InChI=1S/C13H17N3O/c1-2-4-14-13(3-1)16-7-10-5-11(16)6-15(10)12-8-17-9-12/h1-4,10-12H,5-9H2/t10-,11-/m1/s1. The molecule has 0 aromatic carbocycles. The Morgan fingerprint density at radius 3 is 2.65 bits per heavy atom. The van der Waals surface area contributed by atoms with Gasteiger partial charge in [-0.05, 0) is 18.6 Å². The molecule has 1 aromatic rings. The van der Waals surface area contributed by atoms with Crippen molar-refractivity contribution in [2.75, 3.05) is 31.2 Å². The van der Waals surface area contributed by atoms with E-state index < -0.39 is 0 Å². The van der Waals surface area contributed by atoms with Gasteiger partial charge in [0, 0.05) is 31.4 Å². The van der Waals surface area contributed by atoms with E-state index in [4.69, 9.17) is 4.74 Å². The third-order valence-electron chi connectivity index (χ3n) is 4.32. The molecular formula is C13H17N3O. The average Bonchev–Trinajstić information content (AvgIpc) is 2.87. The molecule has 0 unspecified atom stereocenters. The fraction of sp³-hybridized carbons (Fsp3) is 0.615. The van der Waals surface area contributed by atoms with Crippen LogP contribution in [0, 0.1) is 0 Å². The van der Waals surface area contributed by atoms with Gasteiger partial charge in [0.2, 0.25) is 0 Å². The van der Waals surface area contributed by atoms with Crippen LogP contribution in [0.25, 0.3) is 0 Å². The Labute approximate surface area is 101 Å². The number of hydrogen-bond donors (Lipinski definition) is 0. The van der Waals surface area contributed by atoms with Crippen LogP contribution in [0.5, 0.6) is 0 Å². The second kappa shape index (κ2) is 3.68. The van der Waals surface area contributed by atoms with Gasteiger partial charge in [0.15, 0.2) is 0 Å². The number of fused-ring (bicyclic) bond motifs is 2. The largest absolute Gasteiger partial charge is 0.378 e. The Hall–Kier alpha value is -1.13. The van der Waals surface area contributed by atoms with Crippen LogP contribution in [-0.4, -0.2) is 54.3 Å². The molecule has 0 aliphatic carbocycles. The van der Waals surface area contributed by atoms with Gasteiger partial charge in [-0.3, -0.25) is 4.90 Å². The number of anilines is 1. The molecule has 90 valence electrons. The maximum absolute atomic E-state index is 5.30. The number of nitrogens with zero attached hydrogens (tertiary/aromatic N) is 3. The molecule has 0 saturated carbocycles. The predicted molar refractivity (Wildman–Crippen MR) is 65.1 cm³/mol. The summed E-state index contributed by atoms with van der Waals surface area (Å²) in [5.74, 6) is 1.14. The van der Waals surface area contributed by atoms with Gasteiger partial charge in [-0.1, -0.05) is 6.07 Å². The van der Waals surface area contributed by atoms with Gasteiger partial charge in [0.05, 0.1) is 19.3 Å². The van der Waals surface area contributed by atoms with Gasteiger partial charge < -0.3 is 9.64 Å². The van der Waals surface area contributed by atoms with Gasteiger partial charge in [-0.2, -0.15) is 0 Å². The predicted octanol–water partition coefficient (Wildman–Crippen LogP) is 0.743. The van der Waals surface area contributed by atoms with Crippen molar-refractivity contribution in [3.8, 4) is 0 Å². The van der Waals surface area contributed by atoms with Crippen LogP contribution in [0.2, 0.25) is 0 Å². The lowest BCUT2D eigenvalue weighted by atomic mass is 10.1. The molecule has 0 N–H and O–H groups in total. The van der Waals surface area contributed by atoms with E-state index in [9.17, 15) is 0 Å². The number of ether oxygens (including phenoxy) is 1. The Morgan fingerprint density at radius 2 is 2.06 bits per heavy atom. The fourth-order valence-electron chi connectivity index (χ4n) is 3.36. The Morgan fingerprint density at radius 1 is 1.12 bits per heavy atom. The average molecular weight is 231 g/mol. The van der Waals surface area contributed by atoms with Gasteiger partial charge >= 0.3 is 0 Å². The van der Waals surface area contributed by atoms with Gasteiger partial charge in [0.1, 0.15) is 5.82 Å². The van der Waals surface area contributed by atoms with E-state index in [2.05, 4.69) is 26.9 Å². The van der Waals surface area contributed by atoms with Crippen LogP contribution in [0.3, 0.4) is 0 Å². The van der Waals surface area contributed by atoms with Crippen LogP contribution < -0.4 is 4.90 Å². The lowest BCUT2D eigenvalue weighted by molar-refractivity contribution is -0.0708. The number of aromatic nitrogens is 1. The zero-order valence-corrected chi connectivity index (χ0v) is 9.83. The van der Waals surface area contributed by atoms with Crippen molar-refractivity contribution in [1.29, 1.82) is 0 Å². The zero-order valence-electron chi connectivity index (χ0n) is 9.83. The summed E-state index contributed by atoms with van der Waals surface area (Å²) in [4.78, 5) is 9.59. The lowest BCUT2D eigenvalue weighted by Gasteiger charge is -2.42. The first-order valence-electron chi connectivity index (χ1n) is 6.43. The summed E-state index contributed by atoms with van der Waals surface area (Å²) in [5.41, 5.74) is 0. The molecule has 3 saturated heterocycles. The summed E-state index contributed by atoms with van der Waals surface area (Å²) in [6, 6.07) is 8.25. The molecule has 2 bridgehead atoms. The molecule has 4 nitrogen and oxygen atoms in total. The summed E-state index contributed by atoms with van der Waals surface area (Å²) in [6.07, 6.45) is 3.19. The summed E-state index contributed by atoms with van der Waals surface area (Å²) in [7, 11) is 0. The van der Waals surface area contributed by atoms with E-state index in [0.717, 1.165) is 31.6 Å². The first-order valence-corrected chi connectivity index (χ1v) is 6.43. The number of pyridine rings is 1. The van der Waals surface area contributed by atoms with E-state index in [1.54, 1.807) is 0 Å². The molecule has 1 aromatic heterocycles. The van der Waals surface area contributed by atoms with Gasteiger partial charge in [0.25, 0.3) is 0 Å². The van der Waals surface area contributed by atoms with Gasteiger partial charge in [-0.25, -0.2) is 4.98 Å². The third kappa shape index (κ3) is 1.47. The Bertz CT molecular complexity index is 406. The minimum atomic E-state index is 0.662. The van der Waals surface area contributed by atoms with E-state index in [1.807, 2.05) is 12.3 Å². The van der Waals surface area contributed by atoms with Crippen molar-refractivity contribution >= 4 is 5.82 Å². The van der Waals surface area contributed by atoms with Crippen LogP contribution in [0.4, 0.5) is 5.82 Å². The zero-order chi connectivity index (χ0) is 11.2. The lowest BCUT2D eigenvalue weighted by Crippen LogP contribution is -2.56. The summed E-state index contributed by atoms with van der Waals surface area (Å²) >= 11 is 0. The van der Waals surface area contributed by atoms with Crippen molar-refractivity contribution in [2.24, 2.45) is 0 Å². The third-order valence-corrected chi connectivity index (χ3v) is 4.32. The normalized spacial score (nSPS) is 33.1. The molecule has 2 atom stereocenters. The second-order valence-corrected chi connectivity index (χ2v) is 5.27. The highest BCUT2D eigenvalue weighted by Gasteiger charge is 2.47. The first-order chi connectivity index (χ1) is 8.42. The highest BCUT2D eigenvalue weighted by molar-refractivity contribution is 5.43. The van der Waals surface area contributed by atoms with Crippen molar-refractivity contribution in [1.82, 2.24) is 9.88 Å². The second-order valence-electron chi connectivity index (χ2n) is 5.27. The summed E-state index contributed by atoms with van der Waals surface area (Å²) < 4.78 is 5.30. The molecule has 4 heterocycles. The molecule has 17 heavy (non-hydrogen) atoms. The van der Waals surface area contributed by atoms with Crippen molar-refractivity contribution in [3.63, 3.8) is 0 Å². The molecule has 0 amide bonds. The molecule has 4 heteroatoms. The maximum Gasteiger partial charge on any atom is 0.128 e. The monoisotopic (exact) mass is 231 g/mol. The van der Waals surface area contributed by atoms with Gasteiger partial charge in [-0.15, -0.1) is 0 Å². The van der Waals surface area contributed by atoms with Crippen LogP contribution in [0.1, 0.15) is 6.42 Å². The van der Waals surface area contributed by atoms with E-state index in [0.29, 0.717) is 12.1 Å². The molecule has 3 aliphatic rings. The molecule has 0 spiro atoms. The molecule has 3 fully saturated rings. The van der Waals surface area contributed by atoms with E-state index in [-0.39, 0.29) is 0 Å². The number of likely N-dealkylation sites (tertiary alicyclic amines) is 1. The Kier molecular flexibility index (Phi) is 2.13. The quantitative estimate of drug-likeness (QED) is 0.751. The maximum atomic E-state index is 5.30. The number of piperazine rings is 1. The van der Waals surface area contributed by atoms with Crippen molar-refractivity contribution in [3.05, 3.63) is 24.4 Å². The number of rotatable bonds is 2.